The molecule has 0 aliphatic carbocycles. The van der Waals surface area contributed by atoms with E-state index in [1.165, 1.54) is 10.9 Å². The fraction of sp³-hybridized carbons (Fsp3) is 0.250. The SMILES string of the molecule is Cc1[nH]c2ccc(NC(=O)c3cccc(CCN)c3)c(C)c2c1C. The summed E-state index contributed by atoms with van der Waals surface area (Å²) in [6, 6.07) is 11.6. The maximum Gasteiger partial charge on any atom is 0.255 e. The fourth-order valence-electron chi connectivity index (χ4n) is 3.15. The molecule has 0 spiro atoms. The van der Waals surface area contributed by atoms with E-state index in [1.54, 1.807) is 0 Å². The van der Waals surface area contributed by atoms with Crippen LogP contribution in [0.2, 0.25) is 0 Å². The molecule has 0 bridgehead atoms. The van der Waals surface area contributed by atoms with Gasteiger partial charge in [-0.05, 0) is 74.7 Å². The van der Waals surface area contributed by atoms with Gasteiger partial charge in [0.25, 0.3) is 5.91 Å². The Hall–Kier alpha value is -2.59. The third-order valence-corrected chi connectivity index (χ3v) is 4.60. The van der Waals surface area contributed by atoms with Crippen LogP contribution in [-0.2, 0) is 6.42 Å². The average molecular weight is 321 g/mol. The number of benzene rings is 2. The molecule has 4 nitrogen and oxygen atoms in total. The van der Waals surface area contributed by atoms with Crippen LogP contribution in [0.1, 0.15) is 32.7 Å². The van der Waals surface area contributed by atoms with Gasteiger partial charge in [-0.1, -0.05) is 12.1 Å². The first-order chi connectivity index (χ1) is 11.5. The number of nitrogens with one attached hydrogen (secondary N) is 2. The van der Waals surface area contributed by atoms with Gasteiger partial charge >= 0.3 is 0 Å². The molecule has 24 heavy (non-hydrogen) atoms. The lowest BCUT2D eigenvalue weighted by Gasteiger charge is -2.11. The molecule has 0 aliphatic heterocycles. The van der Waals surface area contributed by atoms with Crippen molar-refractivity contribution in [3.05, 3.63) is 64.3 Å². The number of anilines is 1. The monoisotopic (exact) mass is 321 g/mol. The van der Waals surface area contributed by atoms with E-state index in [0.717, 1.165) is 34.4 Å². The number of H-pyrrole nitrogens is 1. The Kier molecular flexibility index (Phi) is 4.40. The van der Waals surface area contributed by atoms with Gasteiger partial charge in [0.1, 0.15) is 0 Å². The Balaban J connectivity index is 1.92. The van der Waals surface area contributed by atoms with Crippen molar-refractivity contribution in [2.45, 2.75) is 27.2 Å². The van der Waals surface area contributed by atoms with Crippen LogP contribution < -0.4 is 11.1 Å². The Morgan fingerprint density at radius 1 is 1.12 bits per heavy atom. The van der Waals surface area contributed by atoms with Gasteiger partial charge in [-0.15, -0.1) is 0 Å². The van der Waals surface area contributed by atoms with E-state index in [9.17, 15) is 4.79 Å². The third-order valence-electron chi connectivity index (χ3n) is 4.60. The summed E-state index contributed by atoms with van der Waals surface area (Å²) < 4.78 is 0. The number of hydrogen-bond acceptors (Lipinski definition) is 2. The predicted molar refractivity (Wildman–Crippen MR) is 99.7 cm³/mol. The number of hydrogen-bond donors (Lipinski definition) is 3. The largest absolute Gasteiger partial charge is 0.358 e. The second-order valence-corrected chi connectivity index (χ2v) is 6.23. The first-order valence-electron chi connectivity index (χ1n) is 8.20. The second-order valence-electron chi connectivity index (χ2n) is 6.23. The van der Waals surface area contributed by atoms with Gasteiger partial charge in [-0.2, -0.15) is 0 Å². The molecule has 0 saturated carbocycles. The van der Waals surface area contributed by atoms with E-state index in [-0.39, 0.29) is 5.91 Å². The third kappa shape index (κ3) is 2.93. The van der Waals surface area contributed by atoms with Crippen LogP contribution in [0.3, 0.4) is 0 Å². The second kappa shape index (κ2) is 6.49. The molecular weight excluding hydrogens is 298 g/mol. The first-order valence-corrected chi connectivity index (χ1v) is 8.20. The van der Waals surface area contributed by atoms with E-state index < -0.39 is 0 Å². The Morgan fingerprint density at radius 2 is 1.92 bits per heavy atom. The molecule has 124 valence electrons. The van der Waals surface area contributed by atoms with Gasteiger partial charge in [0.05, 0.1) is 0 Å². The number of carbonyl (C=O) groups is 1. The molecule has 1 heterocycles. The van der Waals surface area contributed by atoms with Crippen LogP contribution in [0.4, 0.5) is 5.69 Å². The van der Waals surface area contributed by atoms with E-state index in [2.05, 4.69) is 24.1 Å². The fourth-order valence-corrected chi connectivity index (χ4v) is 3.15. The molecule has 0 atom stereocenters. The number of aryl methyl sites for hydroxylation is 3. The number of aromatic amines is 1. The molecule has 1 aromatic heterocycles. The van der Waals surface area contributed by atoms with Gasteiger partial charge in [0.15, 0.2) is 0 Å². The zero-order chi connectivity index (χ0) is 17.3. The highest BCUT2D eigenvalue weighted by Gasteiger charge is 2.13. The highest BCUT2D eigenvalue weighted by molar-refractivity contribution is 6.06. The highest BCUT2D eigenvalue weighted by atomic mass is 16.1. The molecule has 0 saturated heterocycles. The number of aromatic nitrogens is 1. The molecule has 3 aromatic rings. The maximum atomic E-state index is 12.6. The van der Waals surface area contributed by atoms with E-state index in [0.29, 0.717) is 12.1 Å². The Morgan fingerprint density at radius 3 is 2.67 bits per heavy atom. The molecule has 0 radical (unpaired) electrons. The number of nitrogens with two attached hydrogens (primary N) is 1. The molecule has 3 rings (SSSR count). The molecule has 2 aromatic carbocycles. The summed E-state index contributed by atoms with van der Waals surface area (Å²) in [6.45, 7) is 6.79. The van der Waals surface area contributed by atoms with Crippen molar-refractivity contribution in [2.24, 2.45) is 5.73 Å². The van der Waals surface area contributed by atoms with Gasteiger partial charge in [-0.25, -0.2) is 0 Å². The Labute approximate surface area is 142 Å². The lowest BCUT2D eigenvalue weighted by molar-refractivity contribution is 0.102. The lowest BCUT2D eigenvalue weighted by atomic mass is 10.0. The Bertz CT molecular complexity index is 909. The summed E-state index contributed by atoms with van der Waals surface area (Å²) >= 11 is 0. The van der Waals surface area contributed by atoms with Crippen molar-refractivity contribution in [2.75, 3.05) is 11.9 Å². The average Bonchev–Trinajstić information content (AvgIpc) is 2.86. The molecule has 4 heteroatoms. The molecular formula is C20H23N3O. The molecule has 0 aliphatic rings. The van der Waals surface area contributed by atoms with Crippen molar-refractivity contribution < 1.29 is 4.79 Å². The van der Waals surface area contributed by atoms with Crippen LogP contribution in [0.25, 0.3) is 10.9 Å². The van der Waals surface area contributed by atoms with Gasteiger partial charge < -0.3 is 16.0 Å². The maximum absolute atomic E-state index is 12.6. The van der Waals surface area contributed by atoms with E-state index in [4.69, 9.17) is 5.73 Å². The topological polar surface area (TPSA) is 70.9 Å². The smallest absolute Gasteiger partial charge is 0.255 e. The number of rotatable bonds is 4. The van der Waals surface area contributed by atoms with Crippen molar-refractivity contribution in [1.82, 2.24) is 4.98 Å². The number of fused-ring (bicyclic) bond motifs is 1. The van der Waals surface area contributed by atoms with Crippen LogP contribution in [0, 0.1) is 20.8 Å². The van der Waals surface area contributed by atoms with Crippen LogP contribution in [0.15, 0.2) is 36.4 Å². The van der Waals surface area contributed by atoms with Gasteiger partial charge in [-0.3, -0.25) is 4.79 Å². The van der Waals surface area contributed by atoms with Crippen molar-refractivity contribution in [3.63, 3.8) is 0 Å². The predicted octanol–water partition coefficient (Wildman–Crippen LogP) is 3.85. The summed E-state index contributed by atoms with van der Waals surface area (Å²) in [6.07, 6.45) is 0.772. The number of carbonyl (C=O) groups excluding carboxylic acids is 1. The molecule has 0 fully saturated rings. The van der Waals surface area contributed by atoms with Crippen molar-refractivity contribution in [3.8, 4) is 0 Å². The summed E-state index contributed by atoms with van der Waals surface area (Å²) in [5, 5.41) is 4.22. The van der Waals surface area contributed by atoms with E-state index in [1.807, 2.05) is 43.3 Å². The zero-order valence-electron chi connectivity index (χ0n) is 14.4. The summed E-state index contributed by atoms with van der Waals surface area (Å²) in [5.41, 5.74) is 12.7. The minimum absolute atomic E-state index is 0.0961. The summed E-state index contributed by atoms with van der Waals surface area (Å²) in [5.74, 6) is -0.0961. The van der Waals surface area contributed by atoms with Crippen molar-refractivity contribution in [1.29, 1.82) is 0 Å². The molecule has 0 unspecified atom stereocenters. The van der Waals surface area contributed by atoms with Crippen molar-refractivity contribution >= 4 is 22.5 Å². The lowest BCUT2D eigenvalue weighted by Crippen LogP contribution is -2.13. The van der Waals surface area contributed by atoms with Crippen LogP contribution in [0.5, 0.6) is 0 Å². The minimum atomic E-state index is -0.0961. The quantitative estimate of drug-likeness (QED) is 0.683. The standard InChI is InChI=1S/C20H23N3O/c1-12-14(3)22-18-8-7-17(13(2)19(12)18)23-20(24)16-6-4-5-15(11-16)9-10-21/h4-8,11,22H,9-10,21H2,1-3H3,(H,23,24). The molecule has 4 N–H and O–H groups in total. The number of amides is 1. The van der Waals surface area contributed by atoms with Crippen LogP contribution >= 0.6 is 0 Å². The summed E-state index contributed by atoms with van der Waals surface area (Å²) in [4.78, 5) is 16.0. The van der Waals surface area contributed by atoms with E-state index >= 15 is 0 Å². The summed E-state index contributed by atoms with van der Waals surface area (Å²) in [7, 11) is 0. The zero-order valence-corrected chi connectivity index (χ0v) is 14.4. The first kappa shape index (κ1) is 16.3. The highest BCUT2D eigenvalue weighted by Crippen LogP contribution is 2.30. The normalized spacial score (nSPS) is 11.0. The van der Waals surface area contributed by atoms with Gasteiger partial charge in [0, 0.05) is 27.8 Å². The van der Waals surface area contributed by atoms with Crippen LogP contribution in [-0.4, -0.2) is 17.4 Å². The van der Waals surface area contributed by atoms with Gasteiger partial charge in [0.2, 0.25) is 0 Å². The molecule has 1 amide bonds. The minimum Gasteiger partial charge on any atom is -0.358 e.